The first kappa shape index (κ1) is 18.3. The molecule has 2 aromatic rings. The molecule has 1 aliphatic carbocycles. The van der Waals surface area contributed by atoms with Crippen LogP contribution in [0.4, 0.5) is 0 Å². The van der Waals surface area contributed by atoms with E-state index in [4.69, 9.17) is 4.42 Å². The molecule has 1 amide bonds. The molecular formula is C21H30N4O2. The summed E-state index contributed by atoms with van der Waals surface area (Å²) in [6, 6.07) is 4.28. The van der Waals surface area contributed by atoms with E-state index in [0.29, 0.717) is 18.3 Å². The van der Waals surface area contributed by atoms with Gasteiger partial charge in [-0.25, -0.2) is 0 Å². The third kappa shape index (κ3) is 3.68. The third-order valence-corrected chi connectivity index (χ3v) is 6.29. The Morgan fingerprint density at radius 3 is 2.81 bits per heavy atom. The van der Waals surface area contributed by atoms with Gasteiger partial charge in [0.1, 0.15) is 5.76 Å². The fourth-order valence-corrected chi connectivity index (χ4v) is 4.54. The quantitative estimate of drug-likeness (QED) is 0.830. The summed E-state index contributed by atoms with van der Waals surface area (Å²) < 4.78 is 7.30. The maximum atomic E-state index is 13.1. The van der Waals surface area contributed by atoms with E-state index in [2.05, 4.69) is 16.9 Å². The predicted molar refractivity (Wildman–Crippen MR) is 103 cm³/mol. The number of carbonyl (C=O) groups is 1. The van der Waals surface area contributed by atoms with Crippen LogP contribution in [0.15, 0.2) is 22.8 Å². The maximum Gasteiger partial charge on any atom is 0.274 e. The lowest BCUT2D eigenvalue weighted by atomic mass is 9.88. The number of rotatable bonds is 4. The number of aryl methyl sites for hydroxylation is 1. The van der Waals surface area contributed by atoms with Crippen LogP contribution in [0.2, 0.25) is 0 Å². The highest BCUT2D eigenvalue weighted by Gasteiger charge is 2.33. The molecule has 6 heteroatoms. The monoisotopic (exact) mass is 370 g/mol. The highest BCUT2D eigenvalue weighted by atomic mass is 16.3. The second kappa shape index (κ2) is 7.50. The molecule has 4 rings (SSSR count). The number of fused-ring (bicyclic) bond motifs is 1. The molecule has 0 radical (unpaired) electrons. The molecule has 27 heavy (non-hydrogen) atoms. The Morgan fingerprint density at radius 2 is 2.11 bits per heavy atom. The number of furan rings is 1. The largest absolute Gasteiger partial charge is 0.467 e. The van der Waals surface area contributed by atoms with Crippen molar-refractivity contribution in [1.82, 2.24) is 19.6 Å². The van der Waals surface area contributed by atoms with Crippen LogP contribution in [0.5, 0.6) is 0 Å². The normalized spacial score (nSPS) is 21.2. The number of nitrogens with zero attached hydrogens (tertiary/aromatic N) is 4. The van der Waals surface area contributed by atoms with Crippen molar-refractivity contribution in [3.8, 4) is 0 Å². The smallest absolute Gasteiger partial charge is 0.274 e. The molecule has 1 fully saturated rings. The van der Waals surface area contributed by atoms with E-state index < -0.39 is 0 Å². The Morgan fingerprint density at radius 1 is 1.33 bits per heavy atom. The van der Waals surface area contributed by atoms with Gasteiger partial charge in [0.15, 0.2) is 5.69 Å². The highest BCUT2D eigenvalue weighted by molar-refractivity contribution is 5.94. The van der Waals surface area contributed by atoms with Crippen LogP contribution in [-0.2, 0) is 26.4 Å². The molecule has 1 aliphatic heterocycles. The first-order valence-corrected chi connectivity index (χ1v) is 10.1. The van der Waals surface area contributed by atoms with Crippen molar-refractivity contribution in [2.24, 2.45) is 13.0 Å². The van der Waals surface area contributed by atoms with Gasteiger partial charge in [0.2, 0.25) is 0 Å². The van der Waals surface area contributed by atoms with Gasteiger partial charge in [-0.2, -0.15) is 5.10 Å². The topological polar surface area (TPSA) is 54.5 Å². The molecule has 0 aromatic carbocycles. The third-order valence-electron chi connectivity index (χ3n) is 6.29. The van der Waals surface area contributed by atoms with Crippen molar-refractivity contribution >= 4 is 5.91 Å². The molecule has 0 N–H and O–H groups in total. The summed E-state index contributed by atoms with van der Waals surface area (Å²) in [5.74, 6) is 1.61. The molecule has 2 aliphatic rings. The zero-order chi connectivity index (χ0) is 19.0. The second-order valence-electron chi connectivity index (χ2n) is 8.25. The van der Waals surface area contributed by atoms with Crippen molar-refractivity contribution in [2.75, 3.05) is 20.1 Å². The first-order chi connectivity index (χ1) is 13.0. The lowest BCUT2D eigenvalue weighted by molar-refractivity contribution is 0.0766. The summed E-state index contributed by atoms with van der Waals surface area (Å²) in [5.41, 5.74) is 3.01. The number of amides is 1. The molecular weight excluding hydrogens is 340 g/mol. The van der Waals surface area contributed by atoms with E-state index in [1.807, 2.05) is 30.9 Å². The number of likely N-dealkylation sites (tertiary alicyclic amines) is 1. The van der Waals surface area contributed by atoms with Gasteiger partial charge in [-0.3, -0.25) is 9.48 Å². The second-order valence-corrected chi connectivity index (χ2v) is 8.25. The summed E-state index contributed by atoms with van der Waals surface area (Å²) in [5, 5.41) is 4.61. The van der Waals surface area contributed by atoms with Gasteiger partial charge < -0.3 is 14.2 Å². The van der Waals surface area contributed by atoms with Gasteiger partial charge >= 0.3 is 0 Å². The summed E-state index contributed by atoms with van der Waals surface area (Å²) in [6.45, 7) is 5.18. The van der Waals surface area contributed by atoms with E-state index in [9.17, 15) is 4.79 Å². The minimum atomic E-state index is -0.0174. The van der Waals surface area contributed by atoms with Crippen LogP contribution in [0.3, 0.4) is 0 Å². The van der Waals surface area contributed by atoms with Crippen LogP contribution < -0.4 is 0 Å². The molecule has 3 heterocycles. The van der Waals surface area contributed by atoms with Crippen molar-refractivity contribution in [1.29, 1.82) is 0 Å². The van der Waals surface area contributed by atoms with Gasteiger partial charge in [-0.1, -0.05) is 6.92 Å². The van der Waals surface area contributed by atoms with Crippen LogP contribution >= 0.6 is 0 Å². The summed E-state index contributed by atoms with van der Waals surface area (Å²) in [4.78, 5) is 17.4. The molecule has 1 saturated heterocycles. The summed E-state index contributed by atoms with van der Waals surface area (Å²) in [7, 11) is 3.78. The molecule has 2 aromatic heterocycles. The minimum Gasteiger partial charge on any atom is -0.467 e. The van der Waals surface area contributed by atoms with Gasteiger partial charge in [-0.05, 0) is 63.2 Å². The Kier molecular flexibility index (Phi) is 5.08. The SMILES string of the molecule is CC1CCN(C2CCc3c(c(C(=O)N(C)Cc4ccco4)nn3C)C2)CC1. The molecule has 0 saturated carbocycles. The van der Waals surface area contributed by atoms with E-state index in [1.165, 1.54) is 31.6 Å². The van der Waals surface area contributed by atoms with Crippen LogP contribution in [0.25, 0.3) is 0 Å². The van der Waals surface area contributed by atoms with Crippen molar-refractivity contribution in [2.45, 2.75) is 51.6 Å². The Balaban J connectivity index is 1.51. The average Bonchev–Trinajstić information content (AvgIpc) is 3.29. The fourth-order valence-electron chi connectivity index (χ4n) is 4.54. The van der Waals surface area contributed by atoms with E-state index in [0.717, 1.165) is 36.5 Å². The zero-order valence-electron chi connectivity index (χ0n) is 16.6. The molecule has 1 unspecified atom stereocenters. The van der Waals surface area contributed by atoms with Gasteiger partial charge in [0, 0.05) is 31.4 Å². The maximum absolute atomic E-state index is 13.1. The lowest BCUT2D eigenvalue weighted by Crippen LogP contribution is -2.44. The number of piperidine rings is 1. The number of carbonyl (C=O) groups excluding carboxylic acids is 1. The molecule has 1 atom stereocenters. The summed E-state index contributed by atoms with van der Waals surface area (Å²) in [6.07, 6.45) is 7.32. The molecule has 6 nitrogen and oxygen atoms in total. The van der Waals surface area contributed by atoms with E-state index >= 15 is 0 Å². The lowest BCUT2D eigenvalue weighted by Gasteiger charge is -2.38. The standard InChI is InChI=1S/C21H30N4O2/c1-15-8-10-25(11-9-15)16-6-7-19-18(13-16)20(22-24(19)3)21(26)23(2)14-17-5-4-12-27-17/h4-5,12,15-16H,6-11,13-14H2,1-3H3. The van der Waals surface area contributed by atoms with Crippen molar-refractivity contribution < 1.29 is 9.21 Å². The van der Waals surface area contributed by atoms with Crippen LogP contribution in [-0.4, -0.2) is 51.7 Å². The van der Waals surface area contributed by atoms with E-state index in [1.54, 1.807) is 11.2 Å². The number of aromatic nitrogens is 2. The van der Waals surface area contributed by atoms with Crippen molar-refractivity contribution in [3.63, 3.8) is 0 Å². The Bertz CT molecular complexity index is 787. The zero-order valence-corrected chi connectivity index (χ0v) is 16.6. The molecule has 0 bridgehead atoms. The van der Waals surface area contributed by atoms with Crippen LogP contribution in [0, 0.1) is 5.92 Å². The number of hydrogen-bond donors (Lipinski definition) is 0. The Labute approximate surface area is 161 Å². The van der Waals surface area contributed by atoms with Gasteiger partial charge in [0.05, 0.1) is 12.8 Å². The summed E-state index contributed by atoms with van der Waals surface area (Å²) >= 11 is 0. The first-order valence-electron chi connectivity index (χ1n) is 10.1. The van der Waals surface area contributed by atoms with Crippen molar-refractivity contribution in [3.05, 3.63) is 41.1 Å². The van der Waals surface area contributed by atoms with Gasteiger partial charge in [-0.15, -0.1) is 0 Å². The van der Waals surface area contributed by atoms with Crippen LogP contribution in [0.1, 0.15) is 53.7 Å². The molecule has 146 valence electrons. The number of hydrogen-bond acceptors (Lipinski definition) is 4. The highest BCUT2D eigenvalue weighted by Crippen LogP contribution is 2.30. The minimum absolute atomic E-state index is 0.0174. The molecule has 0 spiro atoms. The van der Waals surface area contributed by atoms with E-state index in [-0.39, 0.29) is 5.91 Å². The fraction of sp³-hybridized carbons (Fsp3) is 0.619. The Hall–Kier alpha value is -2.08. The van der Waals surface area contributed by atoms with Gasteiger partial charge in [0.25, 0.3) is 5.91 Å². The average molecular weight is 370 g/mol. The predicted octanol–water partition coefficient (Wildman–Crippen LogP) is 2.87.